The summed E-state index contributed by atoms with van der Waals surface area (Å²) in [5.74, 6) is -1.60. The summed E-state index contributed by atoms with van der Waals surface area (Å²) in [5.41, 5.74) is 6.38. The van der Waals surface area contributed by atoms with Gasteiger partial charge in [-0.3, -0.25) is 29.4 Å². The molecule has 2 atom stereocenters. The third kappa shape index (κ3) is 12.5. The van der Waals surface area contributed by atoms with Crippen molar-refractivity contribution in [3.63, 3.8) is 0 Å². The minimum absolute atomic E-state index is 0. The second-order valence-electron chi connectivity index (χ2n) is 15.3. The van der Waals surface area contributed by atoms with Crippen molar-refractivity contribution in [2.75, 3.05) is 25.0 Å². The van der Waals surface area contributed by atoms with Crippen LogP contribution in [0.1, 0.15) is 63.9 Å². The average Bonchev–Trinajstić information content (AvgIpc) is 3.98. The third-order valence-corrected chi connectivity index (χ3v) is 11.0. The number of rotatable bonds is 14. The zero-order chi connectivity index (χ0) is 43.1. The van der Waals surface area contributed by atoms with Gasteiger partial charge in [0.05, 0.1) is 35.6 Å². The topological polar surface area (TPSA) is 141 Å². The van der Waals surface area contributed by atoms with E-state index in [-0.39, 0.29) is 46.2 Å². The number of hydrogen-bond donors (Lipinski definition) is 1. The number of carbonyl (C=O) groups excluding carboxylic acids is 3. The molecule has 2 saturated heterocycles. The molecule has 11 heteroatoms. The molecule has 2 aliphatic heterocycles. The van der Waals surface area contributed by atoms with Crippen LogP contribution in [0.15, 0.2) is 180 Å². The van der Waals surface area contributed by atoms with Gasteiger partial charge in [-0.15, -0.1) is 0 Å². The van der Waals surface area contributed by atoms with E-state index in [9.17, 15) is 24.6 Å². The molecule has 322 valence electrons. The van der Waals surface area contributed by atoms with E-state index in [0.29, 0.717) is 40.3 Å². The van der Waals surface area contributed by atoms with Gasteiger partial charge in [-0.2, -0.15) is 0 Å². The summed E-state index contributed by atoms with van der Waals surface area (Å²) in [6.45, 7) is 2.74. The van der Waals surface area contributed by atoms with Crippen molar-refractivity contribution in [2.45, 2.75) is 50.9 Å². The van der Waals surface area contributed by atoms with Crippen molar-refractivity contribution in [1.82, 2.24) is 9.80 Å². The predicted octanol–water partition coefficient (Wildman–Crippen LogP) is 6.85. The first-order valence-corrected chi connectivity index (χ1v) is 21.0. The Morgan fingerprint density at radius 1 is 0.571 bits per heavy atom. The van der Waals surface area contributed by atoms with Crippen LogP contribution in [0.2, 0.25) is 0 Å². The molecule has 8 rings (SSSR count). The van der Waals surface area contributed by atoms with Crippen LogP contribution in [-0.2, 0) is 39.2 Å². The van der Waals surface area contributed by atoms with Crippen LogP contribution >= 0.6 is 0 Å². The van der Waals surface area contributed by atoms with Crippen LogP contribution in [0, 0.1) is 0 Å². The van der Waals surface area contributed by atoms with Gasteiger partial charge in [-0.25, -0.2) is 0 Å². The molecule has 1 amide bonds. The fourth-order valence-corrected chi connectivity index (χ4v) is 8.03. The molecule has 2 fully saturated rings. The van der Waals surface area contributed by atoms with E-state index in [1.54, 1.807) is 30.3 Å². The molecule has 0 spiro atoms. The van der Waals surface area contributed by atoms with E-state index < -0.39 is 12.5 Å². The molecular formula is C52H49N5NiO5. The second kappa shape index (κ2) is 23.1. The van der Waals surface area contributed by atoms with E-state index in [0.717, 1.165) is 50.9 Å². The standard InChI is InChI=1S/C27H27N3O3.C25H24N2O2.Ni/c31-25(32)18-28-26(21-12-5-2-6-13-21)22-14-7-8-15-23(22)29-27(33)24-16-9-17-30(24)19-20-10-3-1-4-11-20;28-24(20-12-5-2-6-13-20)21-14-7-8-15-22(21)26-25(29)23-16-9-17-27(23)18-19-10-3-1-4-11-19;/h1-8,10-15,24H,9,16-19H2,(H,29,33)(H,31,32);1-8,10-15,23H,9,16-18H2,(H,26,29);/q;;+2/p-2/t24-;23-;/m00./s1. The Bertz CT molecular complexity index is 2490. The van der Waals surface area contributed by atoms with E-state index in [2.05, 4.69) is 49.4 Å². The molecule has 6 aromatic rings. The number of nitrogens with one attached hydrogen (secondary N) is 1. The molecule has 0 saturated carbocycles. The number of carboxylic acid groups (broad SMARTS) is 1. The van der Waals surface area contributed by atoms with Crippen LogP contribution in [0.4, 0.5) is 11.4 Å². The number of carboxylic acids is 1. The Morgan fingerprint density at radius 3 is 1.63 bits per heavy atom. The zero-order valence-corrected chi connectivity index (χ0v) is 35.8. The Morgan fingerprint density at radius 2 is 1.05 bits per heavy atom. The van der Waals surface area contributed by atoms with Crippen molar-refractivity contribution in [3.8, 4) is 0 Å². The van der Waals surface area contributed by atoms with Crippen molar-refractivity contribution in [1.29, 1.82) is 0 Å². The monoisotopic (exact) mass is 881 g/mol. The first kappa shape index (κ1) is 46.0. The molecule has 6 aromatic carbocycles. The van der Waals surface area contributed by atoms with Gasteiger partial charge in [0.1, 0.15) is 0 Å². The molecule has 0 aromatic heterocycles. The maximum atomic E-state index is 13.2. The predicted molar refractivity (Wildman–Crippen MR) is 240 cm³/mol. The molecule has 63 heavy (non-hydrogen) atoms. The van der Waals surface area contributed by atoms with Gasteiger partial charge < -0.3 is 20.3 Å². The van der Waals surface area contributed by atoms with E-state index in [4.69, 9.17) is 0 Å². The number of ketones is 1. The van der Waals surface area contributed by atoms with E-state index >= 15 is 0 Å². The number of para-hydroxylation sites is 2. The van der Waals surface area contributed by atoms with Gasteiger partial charge in [0.25, 0.3) is 0 Å². The molecule has 2 heterocycles. The minimum atomic E-state index is -1.27. The minimum Gasteiger partial charge on any atom is -0.861 e. The van der Waals surface area contributed by atoms with Crippen LogP contribution < -0.4 is 15.5 Å². The largest absolute Gasteiger partial charge is 2.00 e. The summed E-state index contributed by atoms with van der Waals surface area (Å²) < 4.78 is 0. The maximum absolute atomic E-state index is 13.2. The number of hydrogen-bond acceptors (Lipinski definition) is 9. The van der Waals surface area contributed by atoms with Gasteiger partial charge in [-0.1, -0.05) is 152 Å². The number of benzene rings is 6. The SMILES string of the molecule is O=C([O-])CN=C(c1ccccc1)c1ccccc1N=C([O-])[C@@H]1CCCN1Cc1ccccc1.O=C(c1ccccc1)c1ccccc1NC(=O)[C@@H]1CCCN1Cc1ccccc1.[Ni+2]. The van der Waals surface area contributed by atoms with E-state index in [1.807, 2.05) is 115 Å². The average molecular weight is 883 g/mol. The summed E-state index contributed by atoms with van der Waals surface area (Å²) in [5, 5.41) is 27.3. The molecule has 0 radical (unpaired) electrons. The van der Waals surface area contributed by atoms with Crippen molar-refractivity contribution < 1.29 is 41.1 Å². The maximum Gasteiger partial charge on any atom is 2.00 e. The quantitative estimate of drug-likeness (QED) is 0.0547. The Balaban J connectivity index is 0.000000208. The van der Waals surface area contributed by atoms with Crippen LogP contribution in [0.25, 0.3) is 0 Å². The van der Waals surface area contributed by atoms with Crippen LogP contribution in [0.3, 0.4) is 0 Å². The summed E-state index contributed by atoms with van der Waals surface area (Å²) in [6.07, 6.45) is 3.54. The second-order valence-corrected chi connectivity index (χ2v) is 15.3. The molecule has 0 bridgehead atoms. The fraction of sp³-hybridized carbons (Fsp3) is 0.212. The normalized spacial score (nSPS) is 16.6. The van der Waals surface area contributed by atoms with Gasteiger partial charge in [0.2, 0.25) is 5.91 Å². The fourth-order valence-electron chi connectivity index (χ4n) is 8.03. The molecule has 2 aliphatic rings. The van der Waals surface area contributed by atoms with E-state index in [1.165, 1.54) is 11.1 Å². The van der Waals surface area contributed by atoms with Crippen molar-refractivity contribution in [2.24, 2.45) is 9.98 Å². The summed E-state index contributed by atoms with van der Waals surface area (Å²) in [6, 6.07) is 52.7. The number of nitrogens with zero attached hydrogens (tertiary/aromatic N) is 4. The summed E-state index contributed by atoms with van der Waals surface area (Å²) in [7, 11) is 0. The number of anilines is 1. The molecule has 0 unspecified atom stereocenters. The molecule has 1 N–H and O–H groups in total. The van der Waals surface area contributed by atoms with Crippen LogP contribution in [-0.4, -0.2) is 70.8 Å². The smallest absolute Gasteiger partial charge is 0.861 e. The summed E-state index contributed by atoms with van der Waals surface area (Å²) >= 11 is 0. The first-order chi connectivity index (χ1) is 30.3. The number of amides is 1. The number of carbonyl (C=O) groups is 3. The number of aliphatic carboxylic acids is 1. The van der Waals surface area contributed by atoms with Crippen molar-refractivity contribution >= 4 is 40.6 Å². The third-order valence-electron chi connectivity index (χ3n) is 11.0. The van der Waals surface area contributed by atoms with Gasteiger partial charge in [0, 0.05) is 41.4 Å². The Hall–Kier alpha value is -6.52. The van der Waals surface area contributed by atoms with Gasteiger partial charge >= 0.3 is 16.5 Å². The first-order valence-electron chi connectivity index (χ1n) is 21.0. The molecule has 0 aliphatic carbocycles. The Kier molecular flexibility index (Phi) is 16.8. The summed E-state index contributed by atoms with van der Waals surface area (Å²) in [4.78, 5) is 50.2. The zero-order valence-electron chi connectivity index (χ0n) is 34.8. The van der Waals surface area contributed by atoms with Gasteiger partial charge in [-0.05, 0) is 74.0 Å². The molecular weight excluding hydrogens is 833 g/mol. The van der Waals surface area contributed by atoms with Crippen molar-refractivity contribution in [3.05, 3.63) is 203 Å². The number of aliphatic imine (C=N–C) groups is 2. The van der Waals surface area contributed by atoms with Gasteiger partial charge in [0.15, 0.2) is 5.78 Å². The molecule has 10 nitrogen and oxygen atoms in total. The van der Waals surface area contributed by atoms with Crippen LogP contribution in [0.5, 0.6) is 0 Å². The number of likely N-dealkylation sites (tertiary alicyclic amines) is 2. The Labute approximate surface area is 379 Å².